The average molecular weight is 415 g/mol. The van der Waals surface area contributed by atoms with E-state index in [0.29, 0.717) is 17.8 Å². The minimum atomic E-state index is -0.424. The van der Waals surface area contributed by atoms with Crippen molar-refractivity contribution in [2.24, 2.45) is 0 Å². The largest absolute Gasteiger partial charge is 0.361 e. The number of hydrogen-bond donors (Lipinski definition) is 3. The van der Waals surface area contributed by atoms with Crippen LogP contribution < -0.4 is 10.6 Å². The summed E-state index contributed by atoms with van der Waals surface area (Å²) in [5, 5.41) is 13.6. The van der Waals surface area contributed by atoms with Crippen molar-refractivity contribution >= 4 is 17.4 Å². The van der Waals surface area contributed by atoms with Crippen molar-refractivity contribution < 1.29 is 9.59 Å². The summed E-state index contributed by atoms with van der Waals surface area (Å²) < 4.78 is 0. The molecule has 2 aromatic rings. The van der Waals surface area contributed by atoms with Crippen LogP contribution in [0.1, 0.15) is 24.6 Å². The Morgan fingerprint density at radius 3 is 2.55 bits per heavy atom. The monoisotopic (exact) mass is 414 g/mol. The minimum Gasteiger partial charge on any atom is -0.361 e. The summed E-state index contributed by atoms with van der Waals surface area (Å²) >= 11 is 0. The van der Waals surface area contributed by atoms with Gasteiger partial charge in [0, 0.05) is 35.9 Å². The molecule has 6 nitrogen and oxygen atoms in total. The first kappa shape index (κ1) is 21.9. The molecule has 1 aromatic heterocycles. The van der Waals surface area contributed by atoms with Gasteiger partial charge in [-0.1, -0.05) is 24.3 Å². The molecule has 0 atom stereocenters. The van der Waals surface area contributed by atoms with Crippen molar-refractivity contribution in [3.63, 3.8) is 0 Å². The lowest BCUT2D eigenvalue weighted by atomic mass is 10.0. The number of rotatable bonds is 8. The highest BCUT2D eigenvalue weighted by atomic mass is 16.1. The van der Waals surface area contributed by atoms with Crippen LogP contribution in [0.2, 0.25) is 0 Å². The van der Waals surface area contributed by atoms with Gasteiger partial charge >= 0.3 is 0 Å². The molecule has 0 fully saturated rings. The smallest absolute Gasteiger partial charge is 0.269 e. The lowest BCUT2D eigenvalue weighted by molar-refractivity contribution is -0.115. The standard InChI is InChI=1S/C25H26N4O2/c1-17-14-21(11-13-27-17)20-7-5-19(6-8-20)4-3-12-28-25(31)24(26)15-23-10-9-22(16-29-23)18(2)30/h5-11,13-16,26,29H,3-4,12H2,1-2H3,(H,28,31)/b23-15-,26-24?. The van der Waals surface area contributed by atoms with Crippen molar-refractivity contribution in [2.45, 2.75) is 26.7 Å². The predicted octanol–water partition coefficient (Wildman–Crippen LogP) is 3.64. The van der Waals surface area contributed by atoms with Gasteiger partial charge in [0.2, 0.25) is 0 Å². The fourth-order valence-electron chi connectivity index (χ4n) is 3.15. The van der Waals surface area contributed by atoms with E-state index >= 15 is 0 Å². The van der Waals surface area contributed by atoms with E-state index < -0.39 is 5.91 Å². The lowest BCUT2D eigenvalue weighted by Gasteiger charge is -2.10. The molecule has 1 aliphatic heterocycles. The zero-order valence-electron chi connectivity index (χ0n) is 17.7. The first-order valence-electron chi connectivity index (χ1n) is 10.2. The lowest BCUT2D eigenvalue weighted by Crippen LogP contribution is -2.31. The Hall–Kier alpha value is -3.80. The second kappa shape index (κ2) is 10.3. The van der Waals surface area contributed by atoms with Crippen molar-refractivity contribution in [2.75, 3.05) is 6.54 Å². The van der Waals surface area contributed by atoms with Gasteiger partial charge < -0.3 is 10.6 Å². The molecule has 0 spiro atoms. The zero-order valence-corrected chi connectivity index (χ0v) is 17.7. The van der Waals surface area contributed by atoms with E-state index in [4.69, 9.17) is 5.41 Å². The number of amides is 1. The molecule has 3 rings (SSSR count). The molecule has 0 bridgehead atoms. The number of aromatic nitrogens is 1. The Morgan fingerprint density at radius 2 is 1.90 bits per heavy atom. The Kier molecular flexibility index (Phi) is 7.27. The zero-order chi connectivity index (χ0) is 22.2. The fourth-order valence-corrected chi connectivity index (χ4v) is 3.15. The maximum absolute atomic E-state index is 12.1. The highest BCUT2D eigenvalue weighted by Crippen LogP contribution is 2.20. The highest BCUT2D eigenvalue weighted by Gasteiger charge is 2.09. The van der Waals surface area contributed by atoms with Gasteiger partial charge in [0.25, 0.3) is 5.91 Å². The number of carbonyl (C=O) groups excluding carboxylic acids is 2. The molecule has 3 N–H and O–H groups in total. The van der Waals surface area contributed by atoms with E-state index in [1.165, 1.54) is 18.6 Å². The highest BCUT2D eigenvalue weighted by molar-refractivity contribution is 6.42. The predicted molar refractivity (Wildman–Crippen MR) is 123 cm³/mol. The van der Waals surface area contributed by atoms with Crippen LogP contribution in [-0.2, 0) is 16.0 Å². The van der Waals surface area contributed by atoms with Crippen LogP contribution in [0.4, 0.5) is 0 Å². The summed E-state index contributed by atoms with van der Waals surface area (Å²) in [7, 11) is 0. The third-order valence-electron chi connectivity index (χ3n) is 4.90. The molecule has 0 saturated carbocycles. The quantitative estimate of drug-likeness (QED) is 0.454. The van der Waals surface area contributed by atoms with Gasteiger partial charge in [-0.25, -0.2) is 0 Å². The summed E-state index contributed by atoms with van der Waals surface area (Å²) in [4.78, 5) is 27.6. The minimum absolute atomic E-state index is 0.0438. The van der Waals surface area contributed by atoms with Gasteiger partial charge in [-0.2, -0.15) is 0 Å². The molecular weight excluding hydrogens is 388 g/mol. The van der Waals surface area contributed by atoms with Gasteiger partial charge in [-0.3, -0.25) is 20.0 Å². The second-order valence-corrected chi connectivity index (χ2v) is 7.39. The number of ketones is 1. The first-order valence-corrected chi connectivity index (χ1v) is 10.2. The van der Waals surface area contributed by atoms with Crippen LogP contribution in [0.25, 0.3) is 11.1 Å². The number of dihydropyridines is 1. The maximum Gasteiger partial charge on any atom is 0.269 e. The average Bonchev–Trinajstić information content (AvgIpc) is 2.77. The molecule has 1 aliphatic rings. The van der Waals surface area contributed by atoms with Crippen LogP contribution in [0.5, 0.6) is 0 Å². The maximum atomic E-state index is 12.1. The number of aryl methyl sites for hydroxylation is 2. The third kappa shape index (κ3) is 6.34. The van der Waals surface area contributed by atoms with Crippen molar-refractivity contribution in [3.05, 3.63) is 89.6 Å². The Labute approximate surface area is 182 Å². The van der Waals surface area contributed by atoms with Crippen LogP contribution in [0, 0.1) is 12.3 Å². The summed E-state index contributed by atoms with van der Waals surface area (Å²) in [5.74, 6) is -0.467. The number of pyridine rings is 1. The number of Topliss-reactive ketones (excluding diaryl/α,β-unsaturated/α-hetero) is 1. The van der Waals surface area contributed by atoms with E-state index in [0.717, 1.165) is 29.7 Å². The molecule has 6 heteroatoms. The summed E-state index contributed by atoms with van der Waals surface area (Å²) in [6.07, 6.45) is 9.79. The fraction of sp³-hybridized carbons (Fsp3) is 0.200. The first-order chi connectivity index (χ1) is 14.9. The van der Waals surface area contributed by atoms with Crippen LogP contribution >= 0.6 is 0 Å². The topological polar surface area (TPSA) is 94.9 Å². The number of carbonyl (C=O) groups is 2. The molecular formula is C25H26N4O2. The van der Waals surface area contributed by atoms with Crippen LogP contribution in [-0.4, -0.2) is 28.9 Å². The van der Waals surface area contributed by atoms with E-state index in [-0.39, 0.29) is 11.5 Å². The number of nitrogens with one attached hydrogen (secondary N) is 3. The summed E-state index contributed by atoms with van der Waals surface area (Å²) in [6.45, 7) is 3.96. The Bertz CT molecular complexity index is 1080. The molecule has 1 aromatic carbocycles. The normalized spacial score (nSPS) is 14.0. The van der Waals surface area contributed by atoms with Gasteiger partial charge in [0.15, 0.2) is 5.78 Å². The Balaban J connectivity index is 1.43. The molecule has 0 unspecified atom stereocenters. The number of allylic oxidation sites excluding steroid dienone is 3. The number of benzene rings is 1. The molecule has 0 saturated heterocycles. The summed E-state index contributed by atoms with van der Waals surface area (Å²) in [6, 6.07) is 12.5. The number of nitrogens with zero attached hydrogens (tertiary/aromatic N) is 1. The van der Waals surface area contributed by atoms with Crippen molar-refractivity contribution in [1.29, 1.82) is 5.41 Å². The third-order valence-corrected chi connectivity index (χ3v) is 4.90. The molecule has 1 amide bonds. The number of hydrogen-bond acceptors (Lipinski definition) is 5. The van der Waals surface area contributed by atoms with E-state index in [1.807, 2.05) is 19.2 Å². The van der Waals surface area contributed by atoms with E-state index in [9.17, 15) is 9.59 Å². The van der Waals surface area contributed by atoms with Gasteiger partial charge in [0.05, 0.1) is 0 Å². The summed E-state index contributed by atoms with van der Waals surface area (Å²) in [5.41, 5.74) is 5.50. The van der Waals surface area contributed by atoms with Crippen LogP contribution in [0.3, 0.4) is 0 Å². The van der Waals surface area contributed by atoms with E-state index in [1.54, 1.807) is 18.4 Å². The second-order valence-electron chi connectivity index (χ2n) is 7.39. The molecule has 0 radical (unpaired) electrons. The Morgan fingerprint density at radius 1 is 1.13 bits per heavy atom. The van der Waals surface area contributed by atoms with Gasteiger partial charge in [-0.05, 0) is 73.7 Å². The SMILES string of the molecule is CC(=O)C1=CN/C(=C\C(=N)C(=O)NCCCc2ccc(-c3ccnc(C)c3)cc2)C=C1. The van der Waals surface area contributed by atoms with Crippen LogP contribution in [0.15, 0.2) is 78.3 Å². The van der Waals surface area contributed by atoms with Gasteiger partial charge in [0.1, 0.15) is 5.71 Å². The van der Waals surface area contributed by atoms with Crippen molar-refractivity contribution in [1.82, 2.24) is 15.6 Å². The van der Waals surface area contributed by atoms with E-state index in [2.05, 4.69) is 45.9 Å². The molecule has 158 valence electrons. The molecule has 0 aliphatic carbocycles. The van der Waals surface area contributed by atoms with Gasteiger partial charge in [-0.15, -0.1) is 0 Å². The van der Waals surface area contributed by atoms with Crippen molar-refractivity contribution in [3.8, 4) is 11.1 Å². The molecule has 2 heterocycles. The molecule has 31 heavy (non-hydrogen) atoms.